The second kappa shape index (κ2) is 9.01. The first-order chi connectivity index (χ1) is 16.5. The summed E-state index contributed by atoms with van der Waals surface area (Å²) in [6.07, 6.45) is 0. The van der Waals surface area contributed by atoms with Crippen LogP contribution in [0.5, 0.6) is 11.5 Å². The second-order valence-corrected chi connectivity index (χ2v) is 8.25. The molecule has 174 valence electrons. The zero-order valence-electron chi connectivity index (χ0n) is 18.8. The number of carbonyl (C=O) groups excluding carboxylic acids is 2. The molecular weight excluding hydrogens is 436 g/mol. The van der Waals surface area contributed by atoms with E-state index in [2.05, 4.69) is 10.00 Å². The van der Waals surface area contributed by atoms with Gasteiger partial charge in [0.2, 0.25) is 12.7 Å². The Bertz CT molecular complexity index is 1290. The summed E-state index contributed by atoms with van der Waals surface area (Å²) in [5, 5.41) is 4.41. The van der Waals surface area contributed by atoms with Gasteiger partial charge in [0.25, 0.3) is 5.56 Å². The first-order valence-corrected chi connectivity index (χ1v) is 11.1. The van der Waals surface area contributed by atoms with E-state index in [-0.39, 0.29) is 30.6 Å². The maximum absolute atomic E-state index is 12.9. The summed E-state index contributed by atoms with van der Waals surface area (Å²) < 4.78 is 12.0. The van der Waals surface area contributed by atoms with Crippen molar-refractivity contribution in [2.24, 2.45) is 0 Å². The highest BCUT2D eigenvalue weighted by Crippen LogP contribution is 2.35. The molecule has 0 radical (unpaired) electrons. The molecule has 0 bridgehead atoms. The summed E-state index contributed by atoms with van der Waals surface area (Å²) in [6.45, 7) is 4.04. The number of anilines is 1. The fourth-order valence-electron chi connectivity index (χ4n) is 4.12. The van der Waals surface area contributed by atoms with Gasteiger partial charge in [0.1, 0.15) is 6.54 Å². The van der Waals surface area contributed by atoms with E-state index < -0.39 is 0 Å². The minimum atomic E-state index is -0.331. The lowest BCUT2D eigenvalue weighted by Crippen LogP contribution is -2.50. The Labute approximate surface area is 196 Å². The van der Waals surface area contributed by atoms with Crippen LogP contribution >= 0.6 is 0 Å². The van der Waals surface area contributed by atoms with Crippen LogP contribution in [0.25, 0.3) is 11.3 Å². The predicted octanol–water partition coefficient (Wildman–Crippen LogP) is 2.19. The maximum atomic E-state index is 12.9. The zero-order chi connectivity index (χ0) is 23.7. The third kappa shape index (κ3) is 4.36. The highest BCUT2D eigenvalue weighted by Gasteiger charge is 2.22. The smallest absolute Gasteiger partial charge is 0.267 e. The monoisotopic (exact) mass is 460 g/mol. The molecule has 1 amide bonds. The molecule has 34 heavy (non-hydrogen) atoms. The van der Waals surface area contributed by atoms with E-state index >= 15 is 0 Å². The standard InChI is InChI=1S/C25H24N4O5/c1-17(30)18-2-5-20(6-3-18)27-10-12-28(13-11-27)25(32)15-29-24(31)9-7-21(26-29)19-4-8-22-23(14-19)34-16-33-22/h2-9,14H,10-13,15-16H2,1H3. The molecule has 3 heterocycles. The van der Waals surface area contributed by atoms with Crippen molar-refractivity contribution >= 4 is 17.4 Å². The molecule has 2 aliphatic rings. The number of hydrogen-bond acceptors (Lipinski definition) is 7. The van der Waals surface area contributed by atoms with Crippen LogP contribution in [0.1, 0.15) is 17.3 Å². The Morgan fingerprint density at radius 1 is 0.912 bits per heavy atom. The molecule has 9 nitrogen and oxygen atoms in total. The van der Waals surface area contributed by atoms with E-state index in [0.717, 1.165) is 11.3 Å². The van der Waals surface area contributed by atoms with Gasteiger partial charge >= 0.3 is 0 Å². The zero-order valence-corrected chi connectivity index (χ0v) is 18.8. The number of piperazine rings is 1. The van der Waals surface area contributed by atoms with Gasteiger partial charge in [0, 0.05) is 49.1 Å². The minimum absolute atomic E-state index is 0.0356. The molecule has 9 heteroatoms. The molecule has 2 aliphatic heterocycles. The molecule has 3 aromatic rings. The largest absolute Gasteiger partial charge is 0.454 e. The average molecular weight is 460 g/mol. The number of benzene rings is 2. The van der Waals surface area contributed by atoms with E-state index in [0.29, 0.717) is 48.9 Å². The first kappa shape index (κ1) is 21.7. The molecular formula is C25H24N4O5. The lowest BCUT2D eigenvalue weighted by atomic mass is 10.1. The van der Waals surface area contributed by atoms with Crippen molar-refractivity contribution < 1.29 is 19.1 Å². The maximum Gasteiger partial charge on any atom is 0.267 e. The van der Waals surface area contributed by atoms with Crippen molar-refractivity contribution in [3.8, 4) is 22.8 Å². The van der Waals surface area contributed by atoms with Gasteiger partial charge in [0.05, 0.1) is 5.69 Å². The highest BCUT2D eigenvalue weighted by atomic mass is 16.7. The number of nitrogens with zero attached hydrogens (tertiary/aromatic N) is 4. The third-order valence-electron chi connectivity index (χ3n) is 6.09. The van der Waals surface area contributed by atoms with Gasteiger partial charge in [-0.3, -0.25) is 14.4 Å². The van der Waals surface area contributed by atoms with Crippen LogP contribution in [0.4, 0.5) is 5.69 Å². The Kier molecular flexibility index (Phi) is 5.75. The van der Waals surface area contributed by atoms with Crippen LogP contribution in [-0.2, 0) is 11.3 Å². The number of hydrogen-bond donors (Lipinski definition) is 0. The molecule has 0 aliphatic carbocycles. The number of aromatic nitrogens is 2. The number of ether oxygens (including phenoxy) is 2. The van der Waals surface area contributed by atoms with Gasteiger partial charge in [-0.25, -0.2) is 4.68 Å². The van der Waals surface area contributed by atoms with Crippen molar-refractivity contribution in [2.75, 3.05) is 37.9 Å². The Balaban J connectivity index is 1.24. The molecule has 0 atom stereocenters. The summed E-state index contributed by atoms with van der Waals surface area (Å²) in [5.41, 5.74) is 2.71. The van der Waals surface area contributed by atoms with Crippen molar-refractivity contribution in [1.82, 2.24) is 14.7 Å². The van der Waals surface area contributed by atoms with Gasteiger partial charge in [-0.15, -0.1) is 0 Å². The quantitative estimate of drug-likeness (QED) is 0.539. The topological polar surface area (TPSA) is 94.0 Å². The van der Waals surface area contributed by atoms with E-state index in [4.69, 9.17) is 9.47 Å². The molecule has 1 saturated heterocycles. The Hall–Kier alpha value is -4.14. The fourth-order valence-corrected chi connectivity index (χ4v) is 4.12. The highest BCUT2D eigenvalue weighted by molar-refractivity contribution is 5.94. The minimum Gasteiger partial charge on any atom is -0.454 e. The van der Waals surface area contributed by atoms with Crippen LogP contribution in [-0.4, -0.2) is 59.3 Å². The van der Waals surface area contributed by atoms with Crippen molar-refractivity contribution in [3.63, 3.8) is 0 Å². The first-order valence-electron chi connectivity index (χ1n) is 11.1. The van der Waals surface area contributed by atoms with Gasteiger partial charge in [-0.1, -0.05) is 0 Å². The van der Waals surface area contributed by atoms with Gasteiger partial charge < -0.3 is 19.3 Å². The molecule has 0 saturated carbocycles. The van der Waals surface area contributed by atoms with Crippen LogP contribution in [0, 0.1) is 0 Å². The summed E-state index contributed by atoms with van der Waals surface area (Å²) in [4.78, 5) is 40.7. The lowest BCUT2D eigenvalue weighted by molar-refractivity contribution is -0.132. The molecule has 0 spiro atoms. The fraction of sp³-hybridized carbons (Fsp3) is 0.280. The Morgan fingerprint density at radius 3 is 2.38 bits per heavy atom. The van der Waals surface area contributed by atoms with Gasteiger partial charge in [-0.05, 0) is 55.5 Å². The molecule has 0 N–H and O–H groups in total. The van der Waals surface area contributed by atoms with Crippen molar-refractivity contribution in [1.29, 1.82) is 0 Å². The van der Waals surface area contributed by atoms with Crippen molar-refractivity contribution in [2.45, 2.75) is 13.5 Å². The number of carbonyl (C=O) groups is 2. The summed E-state index contributed by atoms with van der Waals surface area (Å²) in [6, 6.07) is 16.0. The molecule has 2 aromatic carbocycles. The summed E-state index contributed by atoms with van der Waals surface area (Å²) in [5.74, 6) is 1.18. The van der Waals surface area contributed by atoms with Gasteiger partial charge in [-0.2, -0.15) is 5.10 Å². The molecule has 1 fully saturated rings. The lowest BCUT2D eigenvalue weighted by Gasteiger charge is -2.36. The van der Waals surface area contributed by atoms with E-state index in [9.17, 15) is 14.4 Å². The third-order valence-corrected chi connectivity index (χ3v) is 6.09. The number of ketones is 1. The van der Waals surface area contributed by atoms with E-state index in [1.165, 1.54) is 10.7 Å². The molecule has 0 unspecified atom stereocenters. The van der Waals surface area contributed by atoms with Crippen LogP contribution in [0.3, 0.4) is 0 Å². The number of rotatable bonds is 5. The van der Waals surface area contributed by atoms with E-state index in [1.807, 2.05) is 36.4 Å². The van der Waals surface area contributed by atoms with Gasteiger partial charge in [0.15, 0.2) is 17.3 Å². The van der Waals surface area contributed by atoms with Crippen LogP contribution in [0.2, 0.25) is 0 Å². The van der Waals surface area contributed by atoms with Crippen molar-refractivity contribution in [3.05, 3.63) is 70.5 Å². The average Bonchev–Trinajstić information content (AvgIpc) is 3.33. The second-order valence-electron chi connectivity index (χ2n) is 8.25. The molecule has 1 aromatic heterocycles. The number of Topliss-reactive ketones (excluding diaryl/α,β-unsaturated/α-hetero) is 1. The van der Waals surface area contributed by atoms with E-state index in [1.54, 1.807) is 24.0 Å². The van der Waals surface area contributed by atoms with Crippen LogP contribution in [0.15, 0.2) is 59.4 Å². The number of fused-ring (bicyclic) bond motifs is 1. The predicted molar refractivity (Wildman–Crippen MR) is 125 cm³/mol. The SMILES string of the molecule is CC(=O)c1ccc(N2CCN(C(=O)Cn3nc(-c4ccc5c(c4)OCO5)ccc3=O)CC2)cc1. The number of amides is 1. The Morgan fingerprint density at radius 2 is 1.65 bits per heavy atom. The summed E-state index contributed by atoms with van der Waals surface area (Å²) in [7, 11) is 0. The summed E-state index contributed by atoms with van der Waals surface area (Å²) >= 11 is 0. The normalized spacial score (nSPS) is 14.9. The van der Waals surface area contributed by atoms with Crippen LogP contribution < -0.4 is 19.9 Å². The molecule has 5 rings (SSSR count).